The van der Waals surface area contributed by atoms with Gasteiger partial charge < -0.3 is 35.5 Å². The van der Waals surface area contributed by atoms with Crippen molar-refractivity contribution in [1.29, 1.82) is 0 Å². The molecule has 42 heavy (non-hydrogen) atoms. The molecule has 1 aromatic carbocycles. The van der Waals surface area contributed by atoms with Gasteiger partial charge >= 0.3 is 6.03 Å². The molecule has 13 nitrogen and oxygen atoms in total. The SMILES string of the molecule is C/P=C/OCc1ccc(NC(=O)CNC(=O)C(NC(=O)NCCOCCOCCn2cc(C(C)C)nn2)C(C)C)cc1. The topological polar surface area (TPSA) is 158 Å². The van der Waals surface area contributed by atoms with Gasteiger partial charge in [0.25, 0.3) is 0 Å². The fraction of sp³-hybridized carbons (Fsp3) is 0.571. The quantitative estimate of drug-likeness (QED) is 0.140. The molecule has 14 heteroatoms. The Kier molecular flexibility index (Phi) is 16.3. The second-order valence-corrected chi connectivity index (χ2v) is 10.8. The monoisotopic (exact) mass is 605 g/mol. The first-order chi connectivity index (χ1) is 20.2. The van der Waals surface area contributed by atoms with Crippen LogP contribution < -0.4 is 21.3 Å². The number of urea groups is 1. The smallest absolute Gasteiger partial charge is 0.315 e. The lowest BCUT2D eigenvalue weighted by Crippen LogP contribution is -2.53. The van der Waals surface area contributed by atoms with Gasteiger partial charge in [-0.05, 0) is 36.2 Å². The molecule has 1 unspecified atom stereocenters. The Bertz CT molecular complexity index is 1120. The number of ether oxygens (including phenoxy) is 3. The van der Waals surface area contributed by atoms with Crippen LogP contribution in [0.1, 0.15) is 44.9 Å². The van der Waals surface area contributed by atoms with E-state index in [4.69, 9.17) is 14.2 Å². The van der Waals surface area contributed by atoms with Gasteiger partial charge in [0.2, 0.25) is 11.8 Å². The average Bonchev–Trinajstić information content (AvgIpc) is 3.44. The molecule has 1 aromatic heterocycles. The van der Waals surface area contributed by atoms with Crippen molar-refractivity contribution in [2.75, 3.05) is 51.5 Å². The lowest BCUT2D eigenvalue weighted by atomic mass is 10.0. The Labute approximate surface area is 249 Å². The molecule has 2 aromatic rings. The maximum atomic E-state index is 12.7. The lowest BCUT2D eigenvalue weighted by Gasteiger charge is -2.22. The van der Waals surface area contributed by atoms with E-state index in [9.17, 15) is 14.4 Å². The molecule has 0 aliphatic carbocycles. The van der Waals surface area contributed by atoms with Gasteiger partial charge in [-0.3, -0.25) is 9.59 Å². The highest BCUT2D eigenvalue weighted by molar-refractivity contribution is 7.37. The first-order valence-electron chi connectivity index (χ1n) is 14.0. The average molecular weight is 606 g/mol. The maximum Gasteiger partial charge on any atom is 0.315 e. The predicted octanol–water partition coefficient (Wildman–Crippen LogP) is 2.37. The molecule has 2 rings (SSSR count). The van der Waals surface area contributed by atoms with Crippen molar-refractivity contribution < 1.29 is 28.6 Å². The number of benzene rings is 1. The molecule has 4 N–H and O–H groups in total. The van der Waals surface area contributed by atoms with E-state index in [0.29, 0.717) is 51.2 Å². The van der Waals surface area contributed by atoms with Crippen LogP contribution in [0.2, 0.25) is 0 Å². The van der Waals surface area contributed by atoms with E-state index in [1.54, 1.807) is 22.8 Å². The summed E-state index contributed by atoms with van der Waals surface area (Å²) in [5.74, 6) is 1.02. The van der Waals surface area contributed by atoms with Crippen molar-refractivity contribution in [3.63, 3.8) is 0 Å². The van der Waals surface area contributed by atoms with Crippen molar-refractivity contribution in [2.24, 2.45) is 5.92 Å². The second-order valence-electron chi connectivity index (χ2n) is 10.0. The Morgan fingerprint density at radius 1 is 1.00 bits per heavy atom. The zero-order chi connectivity index (χ0) is 30.7. The van der Waals surface area contributed by atoms with Crippen LogP contribution in [0, 0.1) is 5.92 Å². The van der Waals surface area contributed by atoms with Crippen LogP contribution in [0.3, 0.4) is 0 Å². The molecule has 0 saturated heterocycles. The Morgan fingerprint density at radius 2 is 1.71 bits per heavy atom. The number of rotatable bonds is 19. The van der Waals surface area contributed by atoms with Crippen molar-refractivity contribution in [3.8, 4) is 0 Å². The van der Waals surface area contributed by atoms with Crippen LogP contribution in [-0.2, 0) is 37.0 Å². The normalized spacial score (nSPS) is 12.1. The third-order valence-electron chi connectivity index (χ3n) is 5.84. The van der Waals surface area contributed by atoms with Crippen LogP contribution in [0.25, 0.3) is 0 Å². The first kappa shape index (κ1) is 34.8. The molecule has 4 amide bonds. The molecule has 1 atom stereocenters. The first-order valence-corrected chi connectivity index (χ1v) is 15.4. The second kappa shape index (κ2) is 19.7. The Hall–Kier alpha value is -3.38. The van der Waals surface area contributed by atoms with Gasteiger partial charge in [-0.2, -0.15) is 0 Å². The van der Waals surface area contributed by atoms with Gasteiger partial charge in [0.1, 0.15) is 6.04 Å². The molecule has 0 bridgehead atoms. The van der Waals surface area contributed by atoms with Gasteiger partial charge in [-0.1, -0.05) is 53.2 Å². The number of hydrogen-bond acceptors (Lipinski definition) is 8. The van der Waals surface area contributed by atoms with Crippen LogP contribution in [-0.4, -0.2) is 91.0 Å². The van der Waals surface area contributed by atoms with E-state index >= 15 is 0 Å². The lowest BCUT2D eigenvalue weighted by molar-refractivity contribution is -0.126. The minimum absolute atomic E-state index is 0.194. The summed E-state index contributed by atoms with van der Waals surface area (Å²) in [6.07, 6.45) is 1.91. The van der Waals surface area contributed by atoms with Crippen molar-refractivity contribution in [1.82, 2.24) is 30.9 Å². The van der Waals surface area contributed by atoms with Gasteiger partial charge in [0.05, 0.1) is 57.8 Å². The summed E-state index contributed by atoms with van der Waals surface area (Å²) in [6.45, 7) is 12.4. The fourth-order valence-corrected chi connectivity index (χ4v) is 3.73. The molecule has 1 heterocycles. The third kappa shape index (κ3) is 14.0. The number of amides is 4. The summed E-state index contributed by atoms with van der Waals surface area (Å²) in [5, 5.41) is 18.8. The predicted molar refractivity (Wildman–Crippen MR) is 163 cm³/mol. The van der Waals surface area contributed by atoms with E-state index in [1.165, 1.54) is 0 Å². The molecule has 0 aliphatic rings. The van der Waals surface area contributed by atoms with Crippen LogP contribution in [0.5, 0.6) is 0 Å². The van der Waals surface area contributed by atoms with E-state index in [-0.39, 0.29) is 24.9 Å². The third-order valence-corrected chi connectivity index (χ3v) is 6.20. The summed E-state index contributed by atoms with van der Waals surface area (Å²) in [4.78, 5) is 37.3. The number of nitrogens with one attached hydrogen (secondary N) is 4. The number of carbonyl (C=O) groups excluding carboxylic acids is 3. The van der Waals surface area contributed by atoms with Gasteiger partial charge in [0, 0.05) is 18.4 Å². The maximum absolute atomic E-state index is 12.7. The molecule has 0 spiro atoms. The van der Waals surface area contributed by atoms with Crippen LogP contribution in [0.15, 0.2) is 30.5 Å². The molecular weight excluding hydrogens is 561 g/mol. The van der Waals surface area contributed by atoms with E-state index in [1.807, 2.05) is 38.8 Å². The van der Waals surface area contributed by atoms with E-state index < -0.39 is 18.0 Å². The highest BCUT2D eigenvalue weighted by atomic mass is 31.1. The highest BCUT2D eigenvalue weighted by Gasteiger charge is 2.24. The van der Waals surface area contributed by atoms with Gasteiger partial charge in [0.15, 0.2) is 0 Å². The summed E-state index contributed by atoms with van der Waals surface area (Å²) < 4.78 is 18.1. The van der Waals surface area contributed by atoms with Crippen molar-refractivity contribution >= 4 is 37.7 Å². The minimum atomic E-state index is -0.813. The summed E-state index contributed by atoms with van der Waals surface area (Å²) in [5.41, 5.74) is 2.53. The molecule has 0 fully saturated rings. The summed E-state index contributed by atoms with van der Waals surface area (Å²) in [6, 6.07) is 5.94. The molecule has 232 valence electrons. The number of carbonyl (C=O) groups is 3. The van der Waals surface area contributed by atoms with Crippen LogP contribution >= 0.6 is 8.20 Å². The zero-order valence-electron chi connectivity index (χ0n) is 25.1. The standard InChI is InChI=1S/C28H44N7O6P/c1-20(2)24-17-35(34-33-24)11-13-40-15-14-39-12-10-29-28(38)32-26(21(3)4)27(37)30-16-25(36)31-23-8-6-22(7-9-23)18-41-19-42-5/h6-9,17,19-21,26H,10-16,18H2,1-5H3,(H,30,37)(H,31,36)(H2,29,32,38). The number of aromatic nitrogens is 3. The molecule has 0 aliphatic heterocycles. The van der Waals surface area contributed by atoms with Gasteiger partial charge in [-0.25, -0.2) is 9.48 Å². The minimum Gasteiger partial charge on any atom is -0.377 e. The Balaban J connectivity index is 1.58. The number of anilines is 1. The molecule has 0 radical (unpaired) electrons. The van der Waals surface area contributed by atoms with E-state index in [2.05, 4.69) is 45.4 Å². The zero-order valence-corrected chi connectivity index (χ0v) is 26.0. The number of nitrogens with zero attached hydrogens (tertiary/aromatic N) is 3. The molecular formula is C28H44N7O6P. The highest BCUT2D eigenvalue weighted by Crippen LogP contribution is 2.11. The van der Waals surface area contributed by atoms with Crippen LogP contribution in [0.4, 0.5) is 10.5 Å². The summed E-state index contributed by atoms with van der Waals surface area (Å²) >= 11 is 0. The van der Waals surface area contributed by atoms with Crippen molar-refractivity contribution in [3.05, 3.63) is 41.7 Å². The van der Waals surface area contributed by atoms with Gasteiger partial charge in [-0.15, -0.1) is 5.10 Å². The van der Waals surface area contributed by atoms with E-state index in [0.717, 1.165) is 19.5 Å². The molecule has 0 saturated carbocycles. The van der Waals surface area contributed by atoms with Crippen molar-refractivity contribution in [2.45, 2.75) is 52.8 Å². The fourth-order valence-electron chi connectivity index (χ4n) is 3.51. The largest absolute Gasteiger partial charge is 0.377 e. The Morgan fingerprint density at radius 3 is 2.36 bits per heavy atom. The summed E-state index contributed by atoms with van der Waals surface area (Å²) in [7, 11) is 1.05. The number of hydrogen-bond donors (Lipinski definition) is 4.